The number of imidazole rings is 1. The van der Waals surface area contributed by atoms with Crippen LogP contribution in [0.2, 0.25) is 0 Å². The van der Waals surface area contributed by atoms with Crippen molar-refractivity contribution in [1.82, 2.24) is 14.9 Å². The van der Waals surface area contributed by atoms with Gasteiger partial charge in [-0.05, 0) is 13.3 Å². The summed E-state index contributed by atoms with van der Waals surface area (Å²) in [5.41, 5.74) is 0.514. The second-order valence-corrected chi connectivity index (χ2v) is 5.70. The van der Waals surface area contributed by atoms with E-state index in [9.17, 15) is 5.11 Å². The Balaban J connectivity index is 2.01. The topological polar surface area (TPSA) is 52.2 Å². The van der Waals surface area contributed by atoms with Gasteiger partial charge in [0, 0.05) is 36.9 Å². The molecule has 0 radical (unpaired) electrons. The number of aromatic nitrogens is 2. The second kappa shape index (κ2) is 3.86. The molecular formula is C12H21N3O. The van der Waals surface area contributed by atoms with Gasteiger partial charge in [-0.2, -0.15) is 0 Å². The molecule has 2 N–H and O–H groups in total. The fourth-order valence-corrected chi connectivity index (χ4v) is 2.27. The molecule has 1 fully saturated rings. The molecule has 16 heavy (non-hydrogen) atoms. The largest absolute Gasteiger partial charge is 0.390 e. The number of hydrogen-bond donors (Lipinski definition) is 2. The summed E-state index contributed by atoms with van der Waals surface area (Å²) < 4.78 is 0. The Kier molecular flexibility index (Phi) is 2.80. The monoisotopic (exact) mass is 223 g/mol. The van der Waals surface area contributed by atoms with Crippen LogP contribution < -0.4 is 0 Å². The number of nitrogens with zero attached hydrogens (tertiary/aromatic N) is 2. The molecular weight excluding hydrogens is 202 g/mol. The summed E-state index contributed by atoms with van der Waals surface area (Å²) in [5.74, 6) is 0. The van der Waals surface area contributed by atoms with Crippen LogP contribution >= 0.6 is 0 Å². The molecule has 0 bridgehead atoms. The minimum atomic E-state index is -0.558. The lowest BCUT2D eigenvalue weighted by Gasteiger charge is -2.48. The molecule has 1 aromatic rings. The molecule has 1 saturated heterocycles. The zero-order valence-corrected chi connectivity index (χ0v) is 10.3. The molecule has 2 heterocycles. The normalized spacial score (nSPS) is 30.5. The van der Waals surface area contributed by atoms with E-state index in [1.807, 2.05) is 13.1 Å². The van der Waals surface area contributed by atoms with E-state index in [0.29, 0.717) is 0 Å². The Morgan fingerprint density at radius 1 is 1.50 bits per heavy atom. The Hall–Kier alpha value is -0.870. The van der Waals surface area contributed by atoms with Gasteiger partial charge in [0.25, 0.3) is 0 Å². The molecule has 2 rings (SSSR count). The van der Waals surface area contributed by atoms with E-state index in [1.54, 1.807) is 6.33 Å². The van der Waals surface area contributed by atoms with Gasteiger partial charge >= 0.3 is 0 Å². The Morgan fingerprint density at radius 2 is 2.25 bits per heavy atom. The lowest BCUT2D eigenvalue weighted by Crippen LogP contribution is -2.55. The molecule has 4 nitrogen and oxygen atoms in total. The first-order valence-corrected chi connectivity index (χ1v) is 5.83. The molecule has 4 heteroatoms. The first-order chi connectivity index (χ1) is 7.41. The number of nitrogens with one attached hydrogen (secondary N) is 1. The maximum Gasteiger partial charge on any atom is 0.0922 e. The summed E-state index contributed by atoms with van der Waals surface area (Å²) >= 11 is 0. The molecule has 1 unspecified atom stereocenters. The van der Waals surface area contributed by atoms with Crippen molar-refractivity contribution >= 4 is 0 Å². The van der Waals surface area contributed by atoms with Crippen molar-refractivity contribution in [2.24, 2.45) is 5.41 Å². The Labute approximate surface area is 96.7 Å². The molecule has 0 amide bonds. The van der Waals surface area contributed by atoms with E-state index >= 15 is 0 Å². The number of H-pyrrole nitrogens is 1. The average molecular weight is 223 g/mol. The van der Waals surface area contributed by atoms with Crippen molar-refractivity contribution in [2.75, 3.05) is 13.1 Å². The molecule has 0 spiro atoms. The highest BCUT2D eigenvalue weighted by Crippen LogP contribution is 2.38. The van der Waals surface area contributed by atoms with Crippen LogP contribution in [0.1, 0.15) is 32.9 Å². The number of aromatic amines is 1. The van der Waals surface area contributed by atoms with Crippen molar-refractivity contribution in [3.8, 4) is 0 Å². The van der Waals surface area contributed by atoms with Crippen LogP contribution in [0.15, 0.2) is 12.5 Å². The zero-order chi connectivity index (χ0) is 11.8. The fourth-order valence-electron chi connectivity index (χ4n) is 2.27. The van der Waals surface area contributed by atoms with Gasteiger partial charge in [-0.3, -0.25) is 4.90 Å². The highest BCUT2D eigenvalue weighted by atomic mass is 16.3. The van der Waals surface area contributed by atoms with Gasteiger partial charge in [0.15, 0.2) is 0 Å². The summed E-state index contributed by atoms with van der Waals surface area (Å²) in [7, 11) is 0. The summed E-state index contributed by atoms with van der Waals surface area (Å²) in [5, 5.41) is 10.3. The third-order valence-electron chi connectivity index (χ3n) is 3.94. The van der Waals surface area contributed by atoms with Gasteiger partial charge in [-0.25, -0.2) is 4.98 Å². The number of hydrogen-bond acceptors (Lipinski definition) is 3. The molecule has 1 aliphatic rings. The molecule has 0 aromatic carbocycles. The first-order valence-electron chi connectivity index (χ1n) is 5.83. The highest BCUT2D eigenvalue weighted by molar-refractivity contribution is 5.00. The molecule has 90 valence electrons. The van der Waals surface area contributed by atoms with Crippen molar-refractivity contribution < 1.29 is 5.11 Å². The van der Waals surface area contributed by atoms with Crippen molar-refractivity contribution in [3.63, 3.8) is 0 Å². The minimum Gasteiger partial charge on any atom is -0.390 e. The van der Waals surface area contributed by atoms with Crippen molar-refractivity contribution in [3.05, 3.63) is 18.2 Å². The molecule has 0 saturated carbocycles. The zero-order valence-electron chi connectivity index (χ0n) is 10.3. The Bertz CT molecular complexity index is 343. The summed E-state index contributed by atoms with van der Waals surface area (Å²) in [6, 6.07) is 0. The van der Waals surface area contributed by atoms with Crippen LogP contribution in [0.3, 0.4) is 0 Å². The fraction of sp³-hybridized carbons (Fsp3) is 0.750. The van der Waals surface area contributed by atoms with Gasteiger partial charge in [0.2, 0.25) is 0 Å². The summed E-state index contributed by atoms with van der Waals surface area (Å²) in [6.07, 6.45) is 4.40. The minimum absolute atomic E-state index is 0.0642. The predicted molar refractivity (Wildman–Crippen MR) is 62.9 cm³/mol. The average Bonchev–Trinajstić information content (AvgIpc) is 2.64. The van der Waals surface area contributed by atoms with E-state index in [2.05, 4.69) is 28.7 Å². The van der Waals surface area contributed by atoms with E-state index in [4.69, 9.17) is 0 Å². The van der Waals surface area contributed by atoms with Gasteiger partial charge in [-0.15, -0.1) is 0 Å². The van der Waals surface area contributed by atoms with Crippen LogP contribution in [0.4, 0.5) is 0 Å². The van der Waals surface area contributed by atoms with Crippen LogP contribution in [-0.4, -0.2) is 38.7 Å². The van der Waals surface area contributed by atoms with Crippen molar-refractivity contribution in [2.45, 2.75) is 39.3 Å². The van der Waals surface area contributed by atoms with Crippen LogP contribution in [-0.2, 0) is 6.54 Å². The number of piperidine rings is 1. The third kappa shape index (κ3) is 2.13. The summed E-state index contributed by atoms with van der Waals surface area (Å²) in [4.78, 5) is 9.50. The standard InChI is InChI=1S/C12H21N3O/c1-11(2)8-15(5-4-12(11,3)16)7-10-6-13-9-14-10/h6,9,16H,4-5,7-8H2,1-3H3,(H,13,14). The van der Waals surface area contributed by atoms with Gasteiger partial charge in [0.1, 0.15) is 0 Å². The van der Waals surface area contributed by atoms with Crippen LogP contribution in [0.25, 0.3) is 0 Å². The van der Waals surface area contributed by atoms with Crippen LogP contribution in [0, 0.1) is 5.41 Å². The van der Waals surface area contributed by atoms with E-state index < -0.39 is 5.60 Å². The van der Waals surface area contributed by atoms with E-state index in [1.165, 1.54) is 0 Å². The maximum atomic E-state index is 10.3. The number of rotatable bonds is 2. The van der Waals surface area contributed by atoms with E-state index in [0.717, 1.165) is 31.7 Å². The van der Waals surface area contributed by atoms with E-state index in [-0.39, 0.29) is 5.41 Å². The smallest absolute Gasteiger partial charge is 0.0922 e. The highest BCUT2D eigenvalue weighted by Gasteiger charge is 2.43. The maximum absolute atomic E-state index is 10.3. The van der Waals surface area contributed by atoms with Gasteiger partial charge in [0.05, 0.1) is 11.9 Å². The molecule has 1 atom stereocenters. The van der Waals surface area contributed by atoms with Gasteiger partial charge < -0.3 is 10.1 Å². The second-order valence-electron chi connectivity index (χ2n) is 5.70. The third-order valence-corrected chi connectivity index (χ3v) is 3.94. The number of likely N-dealkylation sites (tertiary alicyclic amines) is 1. The SMILES string of the molecule is CC1(C)CN(Cc2cnc[nH]2)CCC1(C)O. The summed E-state index contributed by atoms with van der Waals surface area (Å²) in [6.45, 7) is 8.95. The molecule has 1 aromatic heterocycles. The lowest BCUT2D eigenvalue weighted by molar-refractivity contribution is -0.107. The van der Waals surface area contributed by atoms with Gasteiger partial charge in [-0.1, -0.05) is 13.8 Å². The Morgan fingerprint density at radius 3 is 2.81 bits per heavy atom. The first kappa shape index (κ1) is 11.6. The number of aliphatic hydroxyl groups is 1. The quantitative estimate of drug-likeness (QED) is 0.796. The molecule has 1 aliphatic heterocycles. The molecule has 0 aliphatic carbocycles. The predicted octanol–water partition coefficient (Wildman–Crippen LogP) is 1.39. The van der Waals surface area contributed by atoms with Crippen LogP contribution in [0.5, 0.6) is 0 Å². The lowest BCUT2D eigenvalue weighted by atomic mass is 9.71. The van der Waals surface area contributed by atoms with Crippen molar-refractivity contribution in [1.29, 1.82) is 0 Å².